The Hall–Kier alpha value is -2.83. The van der Waals surface area contributed by atoms with Crippen molar-refractivity contribution in [3.05, 3.63) is 51.1 Å². The third kappa shape index (κ3) is 6.10. The molecule has 234 valence electrons. The highest BCUT2D eigenvalue weighted by Crippen LogP contribution is 2.36. The summed E-state index contributed by atoms with van der Waals surface area (Å²) in [6.07, 6.45) is -14.9. The third-order valence-corrected chi connectivity index (χ3v) is 8.12. The molecule has 0 radical (unpaired) electrons. The van der Waals surface area contributed by atoms with Crippen molar-refractivity contribution in [2.75, 3.05) is 13.7 Å². The molecule has 2 aromatic carbocycles. The maximum atomic E-state index is 13.1. The molecule has 0 aliphatic carbocycles. The van der Waals surface area contributed by atoms with Gasteiger partial charge in [-0.3, -0.25) is 4.79 Å². The lowest BCUT2D eigenvalue weighted by atomic mass is 9.98. The van der Waals surface area contributed by atoms with Crippen LogP contribution in [0.5, 0.6) is 17.2 Å². The number of ether oxygens (including phenoxy) is 5. The SMILES string of the molecule is COc1ccc(-c2oc3cc(OC4O[C@H](CO[C@@H]5O[C@@H](C)[C@H](O)[C@@H](O)[C@H]5O)[C@@H](O)[C@H](O)[C@H]4O)cc(O)c3c(=O)c2Br)cc1. The first-order chi connectivity index (χ1) is 20.4. The van der Waals surface area contributed by atoms with Crippen molar-refractivity contribution in [1.82, 2.24) is 0 Å². The van der Waals surface area contributed by atoms with Crippen LogP contribution in [-0.2, 0) is 14.2 Å². The normalized spacial score (nSPS) is 33.0. The van der Waals surface area contributed by atoms with Gasteiger partial charge < -0.3 is 63.8 Å². The molecule has 5 rings (SSSR count). The first kappa shape index (κ1) is 31.6. The lowest BCUT2D eigenvalue weighted by molar-refractivity contribution is -0.318. The van der Waals surface area contributed by atoms with Crippen LogP contribution in [0, 0.1) is 0 Å². The van der Waals surface area contributed by atoms with E-state index in [1.54, 1.807) is 24.3 Å². The van der Waals surface area contributed by atoms with Crippen LogP contribution in [0.4, 0.5) is 0 Å². The molecule has 2 aliphatic heterocycles. The minimum absolute atomic E-state index is 0.0573. The van der Waals surface area contributed by atoms with E-state index in [0.29, 0.717) is 11.3 Å². The molecule has 2 saturated heterocycles. The fraction of sp³-hybridized carbons (Fsp3) is 0.464. The highest BCUT2D eigenvalue weighted by molar-refractivity contribution is 9.10. The smallest absolute Gasteiger partial charge is 0.229 e. The average molecular weight is 671 g/mol. The molecule has 0 saturated carbocycles. The number of aliphatic hydroxyl groups excluding tert-OH is 6. The van der Waals surface area contributed by atoms with Crippen molar-refractivity contribution in [3.8, 4) is 28.6 Å². The topological polar surface area (TPSA) is 218 Å². The molecule has 2 fully saturated rings. The maximum absolute atomic E-state index is 13.1. The van der Waals surface area contributed by atoms with Gasteiger partial charge in [0, 0.05) is 17.7 Å². The van der Waals surface area contributed by atoms with Crippen LogP contribution in [0.25, 0.3) is 22.3 Å². The van der Waals surface area contributed by atoms with Crippen LogP contribution in [0.15, 0.2) is 50.1 Å². The molecule has 3 aromatic rings. The maximum Gasteiger partial charge on any atom is 0.229 e. The van der Waals surface area contributed by atoms with Crippen LogP contribution in [-0.4, -0.2) is 111 Å². The molecular formula is C28H31BrO14. The molecule has 0 spiro atoms. The lowest BCUT2D eigenvalue weighted by Gasteiger charge is -2.42. The Kier molecular flexibility index (Phi) is 9.29. The van der Waals surface area contributed by atoms with Crippen LogP contribution >= 0.6 is 15.9 Å². The highest BCUT2D eigenvalue weighted by Gasteiger charge is 2.47. The van der Waals surface area contributed by atoms with Crippen molar-refractivity contribution in [2.24, 2.45) is 0 Å². The zero-order valence-electron chi connectivity index (χ0n) is 22.8. The Morgan fingerprint density at radius 1 is 0.837 bits per heavy atom. The van der Waals surface area contributed by atoms with E-state index in [0.717, 1.165) is 6.07 Å². The summed E-state index contributed by atoms with van der Waals surface area (Å²) in [7, 11) is 1.51. The number of hydrogen-bond acceptors (Lipinski definition) is 14. The molecule has 0 bridgehead atoms. The predicted octanol–water partition coefficient (Wildman–Crippen LogP) is -0.0328. The number of benzene rings is 2. The number of halogens is 1. The number of rotatable bonds is 7. The summed E-state index contributed by atoms with van der Waals surface area (Å²) in [6, 6.07) is 9.09. The summed E-state index contributed by atoms with van der Waals surface area (Å²) < 4.78 is 33.4. The Labute approximate surface area is 252 Å². The number of phenolic OH excluding ortho intramolecular Hbond substituents is 1. The Bertz CT molecular complexity index is 1500. The molecule has 15 heteroatoms. The van der Waals surface area contributed by atoms with Gasteiger partial charge >= 0.3 is 0 Å². The first-order valence-corrected chi connectivity index (χ1v) is 14.0. The number of phenols is 1. The van der Waals surface area contributed by atoms with Crippen molar-refractivity contribution in [3.63, 3.8) is 0 Å². The Morgan fingerprint density at radius 3 is 2.16 bits per heavy atom. The van der Waals surface area contributed by atoms with Gasteiger partial charge in [-0.2, -0.15) is 0 Å². The van der Waals surface area contributed by atoms with E-state index in [1.807, 2.05) is 0 Å². The summed E-state index contributed by atoms with van der Waals surface area (Å²) in [5, 5.41) is 72.1. The van der Waals surface area contributed by atoms with E-state index >= 15 is 0 Å². The number of fused-ring (bicyclic) bond motifs is 1. The molecule has 10 atom stereocenters. The van der Waals surface area contributed by atoms with Gasteiger partial charge in [-0.1, -0.05) is 0 Å². The number of methoxy groups -OCH3 is 1. The molecule has 1 unspecified atom stereocenters. The Morgan fingerprint density at radius 2 is 1.49 bits per heavy atom. The molecule has 1 aromatic heterocycles. The summed E-state index contributed by atoms with van der Waals surface area (Å²) in [5.41, 5.74) is -0.0788. The quantitative estimate of drug-likeness (QED) is 0.176. The molecule has 2 aliphatic rings. The summed E-state index contributed by atoms with van der Waals surface area (Å²) in [5.74, 6) is 0.153. The minimum Gasteiger partial charge on any atom is -0.507 e. The summed E-state index contributed by atoms with van der Waals surface area (Å²) in [6.45, 7) is 0.977. The molecule has 0 amide bonds. The highest BCUT2D eigenvalue weighted by atomic mass is 79.9. The largest absolute Gasteiger partial charge is 0.507 e. The predicted molar refractivity (Wildman–Crippen MR) is 149 cm³/mol. The Balaban J connectivity index is 1.37. The van der Waals surface area contributed by atoms with Crippen LogP contribution in [0.3, 0.4) is 0 Å². The molecule has 3 heterocycles. The fourth-order valence-corrected chi connectivity index (χ4v) is 5.38. The van der Waals surface area contributed by atoms with E-state index < -0.39 is 79.2 Å². The van der Waals surface area contributed by atoms with E-state index in [1.165, 1.54) is 20.1 Å². The van der Waals surface area contributed by atoms with Crippen molar-refractivity contribution < 1.29 is 63.8 Å². The molecule has 14 nitrogen and oxygen atoms in total. The van der Waals surface area contributed by atoms with Crippen molar-refractivity contribution in [1.29, 1.82) is 0 Å². The summed E-state index contributed by atoms with van der Waals surface area (Å²) >= 11 is 3.24. The number of hydrogen-bond donors (Lipinski definition) is 7. The first-order valence-electron chi connectivity index (χ1n) is 13.2. The van der Waals surface area contributed by atoms with Crippen molar-refractivity contribution in [2.45, 2.75) is 68.3 Å². The second kappa shape index (κ2) is 12.6. The molecular weight excluding hydrogens is 640 g/mol. The van der Waals surface area contributed by atoms with Crippen LogP contribution < -0.4 is 14.9 Å². The van der Waals surface area contributed by atoms with Gasteiger partial charge in [0.05, 0.1) is 19.8 Å². The zero-order chi connectivity index (χ0) is 31.2. The monoisotopic (exact) mass is 670 g/mol. The van der Waals surface area contributed by atoms with Gasteiger partial charge in [0.2, 0.25) is 11.7 Å². The van der Waals surface area contributed by atoms with Gasteiger partial charge in [-0.15, -0.1) is 0 Å². The minimum atomic E-state index is -1.76. The van der Waals surface area contributed by atoms with E-state index in [2.05, 4.69) is 15.9 Å². The second-order valence-corrected chi connectivity index (χ2v) is 11.1. The number of aromatic hydroxyl groups is 1. The van der Waals surface area contributed by atoms with Gasteiger partial charge in [-0.05, 0) is 47.1 Å². The second-order valence-electron chi connectivity index (χ2n) is 10.3. The van der Waals surface area contributed by atoms with Crippen molar-refractivity contribution >= 4 is 26.9 Å². The van der Waals surface area contributed by atoms with Gasteiger partial charge in [0.15, 0.2) is 12.1 Å². The van der Waals surface area contributed by atoms with Gasteiger partial charge in [0.25, 0.3) is 0 Å². The lowest BCUT2D eigenvalue weighted by Crippen LogP contribution is -2.61. The van der Waals surface area contributed by atoms with E-state index in [4.69, 9.17) is 28.1 Å². The van der Waals surface area contributed by atoms with E-state index in [-0.39, 0.29) is 27.0 Å². The van der Waals surface area contributed by atoms with Gasteiger partial charge in [-0.25, -0.2) is 0 Å². The van der Waals surface area contributed by atoms with Crippen LogP contribution in [0.1, 0.15) is 6.92 Å². The van der Waals surface area contributed by atoms with Crippen LogP contribution in [0.2, 0.25) is 0 Å². The molecule has 7 N–H and O–H groups in total. The zero-order valence-corrected chi connectivity index (χ0v) is 24.4. The average Bonchev–Trinajstić information content (AvgIpc) is 2.99. The fourth-order valence-electron chi connectivity index (χ4n) is 4.88. The third-order valence-electron chi connectivity index (χ3n) is 7.40. The van der Waals surface area contributed by atoms with E-state index in [9.17, 15) is 40.5 Å². The standard InChI is InChI=1S/C28H31BrO14/c1-10-19(31)22(34)24(36)27(40-10)39-9-16-20(32)23(35)25(37)28(43-16)41-13-7-14(30)17-15(8-13)42-26(18(29)21(17)33)11-3-5-12(38-2)6-4-11/h3-8,10,16,19-20,22-25,27-28,30-32,34-37H,9H2,1-2H3/t10-,16+,19-,20+,22+,23-,24+,25+,27+,28?/m0/s1. The molecule has 43 heavy (non-hydrogen) atoms. The van der Waals surface area contributed by atoms with Gasteiger partial charge in [0.1, 0.15) is 75.4 Å². The summed E-state index contributed by atoms with van der Waals surface area (Å²) in [4.78, 5) is 13.1. The number of aliphatic hydroxyl groups is 6.